The van der Waals surface area contributed by atoms with Crippen molar-refractivity contribution in [1.82, 2.24) is 21.3 Å². The second-order valence-electron chi connectivity index (χ2n) is 9.88. The lowest BCUT2D eigenvalue weighted by molar-refractivity contribution is -0.144. The molecule has 6 atom stereocenters. The summed E-state index contributed by atoms with van der Waals surface area (Å²) in [4.78, 5) is 85.4. The molecule has 0 unspecified atom stereocenters. The largest absolute Gasteiger partial charge is 0.508 e. The zero-order chi connectivity index (χ0) is 32.1. The molecule has 0 spiro atoms. The number of carboxylic acids is 1. The average molecular weight is 594 g/mol. The van der Waals surface area contributed by atoms with Crippen LogP contribution in [0, 0.1) is 5.92 Å². The fraction of sp³-hybridized carbons (Fsp3) is 0.500. The molecule has 0 saturated carbocycles. The summed E-state index contributed by atoms with van der Waals surface area (Å²) in [5.74, 6) is -7.09. The van der Waals surface area contributed by atoms with Crippen molar-refractivity contribution < 1.29 is 43.8 Å². The summed E-state index contributed by atoms with van der Waals surface area (Å²) in [6.45, 7) is 4.69. The minimum Gasteiger partial charge on any atom is -0.508 e. The molecule has 1 rings (SSSR count). The van der Waals surface area contributed by atoms with Gasteiger partial charge in [-0.2, -0.15) is 0 Å². The van der Waals surface area contributed by atoms with E-state index in [1.54, 1.807) is 13.8 Å². The first-order valence-electron chi connectivity index (χ1n) is 13.1. The molecule has 232 valence electrons. The number of hydrogen-bond donors (Lipinski definition) is 9. The number of aromatic hydroxyl groups is 1. The molecule has 0 aliphatic carbocycles. The maximum absolute atomic E-state index is 13.2. The predicted octanol–water partition coefficient (Wildman–Crippen LogP) is -2.90. The lowest BCUT2D eigenvalue weighted by Gasteiger charge is -2.27. The van der Waals surface area contributed by atoms with Crippen molar-refractivity contribution in [2.45, 2.75) is 76.7 Å². The van der Waals surface area contributed by atoms with Gasteiger partial charge in [-0.3, -0.25) is 28.8 Å². The highest BCUT2D eigenvalue weighted by Crippen LogP contribution is 2.12. The molecule has 0 bridgehead atoms. The number of aliphatic carboxylic acids is 1. The maximum atomic E-state index is 13.2. The Hall–Kier alpha value is -4.73. The van der Waals surface area contributed by atoms with Crippen molar-refractivity contribution >= 4 is 41.4 Å². The maximum Gasteiger partial charge on any atom is 0.326 e. The Morgan fingerprint density at radius 2 is 1.31 bits per heavy atom. The van der Waals surface area contributed by atoms with Gasteiger partial charge in [-0.1, -0.05) is 32.4 Å². The van der Waals surface area contributed by atoms with Crippen LogP contribution in [0.25, 0.3) is 0 Å². The van der Waals surface area contributed by atoms with Crippen LogP contribution in [-0.2, 0) is 40.0 Å². The van der Waals surface area contributed by atoms with E-state index in [1.807, 2.05) is 0 Å². The number of nitrogens with two attached hydrogens (primary N) is 3. The number of carboxylic acid groups (broad SMARTS) is 1. The van der Waals surface area contributed by atoms with Gasteiger partial charge in [0, 0.05) is 6.42 Å². The van der Waals surface area contributed by atoms with Crippen LogP contribution >= 0.6 is 0 Å². The van der Waals surface area contributed by atoms with Crippen LogP contribution in [0.4, 0.5) is 0 Å². The van der Waals surface area contributed by atoms with Gasteiger partial charge in [0.15, 0.2) is 0 Å². The van der Waals surface area contributed by atoms with E-state index in [4.69, 9.17) is 17.2 Å². The van der Waals surface area contributed by atoms with Gasteiger partial charge in [-0.25, -0.2) is 4.79 Å². The number of nitrogens with one attached hydrogen (secondary N) is 4. The Balaban J connectivity index is 3.06. The van der Waals surface area contributed by atoms with Gasteiger partial charge in [0.2, 0.25) is 35.4 Å². The normalized spacial score (nSPS) is 15.0. The molecule has 0 aromatic heterocycles. The molecule has 1 aromatic carbocycles. The van der Waals surface area contributed by atoms with Gasteiger partial charge in [-0.15, -0.1) is 0 Å². The molecule has 1 aromatic rings. The molecule has 0 fully saturated rings. The topological polar surface area (TPSA) is 286 Å². The standard InChI is InChI=1S/C26H39N7O9/c1-4-12(2)21(25(40)32-18(26(41)42)11-20(29)36)33-22(37)13(3)30-24(39)17(9-14-5-7-15(34)8-6-14)31-23(38)16(27)10-19(28)35/h5-8,12-13,16-18,21,34H,4,9-11,27H2,1-3H3,(H2,28,35)(H2,29,36)(H,30,39)(H,31,38)(H,32,40)(H,33,37)(H,41,42)/t12-,13-,16-,17-,18-,21-/m0/s1. The highest BCUT2D eigenvalue weighted by molar-refractivity contribution is 5.96. The third-order valence-electron chi connectivity index (χ3n) is 6.33. The van der Waals surface area contributed by atoms with Crippen LogP contribution in [-0.4, -0.2) is 81.8 Å². The molecule has 0 aliphatic rings. The summed E-state index contributed by atoms with van der Waals surface area (Å²) in [5.41, 5.74) is 16.4. The number of phenolic OH excluding ortho intramolecular Hbond substituents is 1. The number of carbonyl (C=O) groups excluding carboxylic acids is 6. The average Bonchev–Trinajstić information content (AvgIpc) is 2.90. The molecule has 12 N–H and O–H groups in total. The van der Waals surface area contributed by atoms with Gasteiger partial charge in [-0.05, 0) is 30.5 Å². The summed E-state index contributed by atoms with van der Waals surface area (Å²) in [5, 5.41) is 28.4. The Bertz CT molecular complexity index is 1160. The highest BCUT2D eigenvalue weighted by Gasteiger charge is 2.33. The molecule has 42 heavy (non-hydrogen) atoms. The third kappa shape index (κ3) is 11.8. The van der Waals surface area contributed by atoms with Crippen molar-refractivity contribution in [3.05, 3.63) is 29.8 Å². The Morgan fingerprint density at radius 1 is 0.762 bits per heavy atom. The molecule has 0 saturated heterocycles. The monoisotopic (exact) mass is 593 g/mol. The molecule has 16 nitrogen and oxygen atoms in total. The van der Waals surface area contributed by atoms with E-state index in [2.05, 4.69) is 21.3 Å². The predicted molar refractivity (Wildman–Crippen MR) is 148 cm³/mol. The van der Waals surface area contributed by atoms with Gasteiger partial charge >= 0.3 is 5.97 Å². The first-order valence-corrected chi connectivity index (χ1v) is 13.1. The van der Waals surface area contributed by atoms with E-state index in [0.29, 0.717) is 12.0 Å². The number of primary amides is 2. The number of amides is 6. The van der Waals surface area contributed by atoms with Crippen molar-refractivity contribution in [3.63, 3.8) is 0 Å². The first kappa shape index (κ1) is 35.3. The zero-order valence-electron chi connectivity index (χ0n) is 23.6. The minimum atomic E-state index is -1.61. The second kappa shape index (κ2) is 16.5. The lowest BCUT2D eigenvalue weighted by Crippen LogP contribution is -2.59. The number of phenols is 1. The van der Waals surface area contributed by atoms with Gasteiger partial charge in [0.05, 0.1) is 18.9 Å². The summed E-state index contributed by atoms with van der Waals surface area (Å²) in [7, 11) is 0. The number of benzene rings is 1. The van der Waals surface area contributed by atoms with Gasteiger partial charge in [0.1, 0.15) is 29.9 Å². The molecule has 0 radical (unpaired) electrons. The van der Waals surface area contributed by atoms with E-state index in [1.165, 1.54) is 31.2 Å². The van der Waals surface area contributed by atoms with E-state index in [0.717, 1.165) is 0 Å². The Kier molecular flexibility index (Phi) is 13.9. The fourth-order valence-corrected chi connectivity index (χ4v) is 3.69. The minimum absolute atomic E-state index is 0.0261. The van der Waals surface area contributed by atoms with Crippen molar-refractivity contribution in [2.24, 2.45) is 23.1 Å². The van der Waals surface area contributed by atoms with Crippen LogP contribution in [0.3, 0.4) is 0 Å². The number of carbonyl (C=O) groups is 7. The van der Waals surface area contributed by atoms with E-state index in [-0.39, 0.29) is 12.2 Å². The van der Waals surface area contributed by atoms with Gasteiger partial charge in [0.25, 0.3) is 0 Å². The van der Waals surface area contributed by atoms with Crippen LogP contribution in [0.1, 0.15) is 45.6 Å². The quantitative estimate of drug-likeness (QED) is 0.0888. The van der Waals surface area contributed by atoms with Crippen LogP contribution in [0.5, 0.6) is 5.75 Å². The summed E-state index contributed by atoms with van der Waals surface area (Å²) in [6.07, 6.45) is -0.811. The first-order chi connectivity index (χ1) is 19.5. The number of hydrogen-bond acceptors (Lipinski definition) is 9. The summed E-state index contributed by atoms with van der Waals surface area (Å²) < 4.78 is 0. The Labute approximate surface area is 242 Å². The van der Waals surface area contributed by atoms with Crippen LogP contribution < -0.4 is 38.5 Å². The smallest absolute Gasteiger partial charge is 0.326 e. The molecule has 0 aliphatic heterocycles. The van der Waals surface area contributed by atoms with Crippen molar-refractivity contribution in [1.29, 1.82) is 0 Å². The van der Waals surface area contributed by atoms with Crippen LogP contribution in [0.2, 0.25) is 0 Å². The van der Waals surface area contributed by atoms with Crippen LogP contribution in [0.15, 0.2) is 24.3 Å². The van der Waals surface area contributed by atoms with Crippen molar-refractivity contribution in [3.8, 4) is 5.75 Å². The molecular formula is C26H39N7O9. The second-order valence-corrected chi connectivity index (χ2v) is 9.88. The molecule has 16 heteroatoms. The molecule has 0 heterocycles. The third-order valence-corrected chi connectivity index (χ3v) is 6.33. The van der Waals surface area contributed by atoms with E-state index >= 15 is 0 Å². The SMILES string of the molecule is CC[C@H](C)[C@H](NC(=O)[C@H](C)NC(=O)[C@H](Cc1ccc(O)cc1)NC(=O)[C@@H](N)CC(N)=O)C(=O)N[C@@H](CC(N)=O)C(=O)O. The zero-order valence-corrected chi connectivity index (χ0v) is 23.6. The number of rotatable bonds is 17. The molecule has 6 amide bonds. The summed E-state index contributed by atoms with van der Waals surface area (Å²) >= 11 is 0. The highest BCUT2D eigenvalue weighted by atomic mass is 16.4. The summed E-state index contributed by atoms with van der Waals surface area (Å²) in [6, 6.07) is -0.905. The van der Waals surface area contributed by atoms with Crippen molar-refractivity contribution in [2.75, 3.05) is 0 Å². The van der Waals surface area contributed by atoms with E-state index in [9.17, 15) is 43.8 Å². The lowest BCUT2D eigenvalue weighted by atomic mass is 9.97. The van der Waals surface area contributed by atoms with E-state index < -0.39 is 90.4 Å². The van der Waals surface area contributed by atoms with Gasteiger partial charge < -0.3 is 48.7 Å². The fourth-order valence-electron chi connectivity index (χ4n) is 3.69. The Morgan fingerprint density at radius 3 is 1.81 bits per heavy atom. The molecular weight excluding hydrogens is 554 g/mol.